The third-order valence-electron chi connectivity index (χ3n) is 1.96. The number of anilines is 1. The number of carbonyl (C=O) groups excluding carboxylic acids is 2. The van der Waals surface area contributed by atoms with E-state index in [1.165, 1.54) is 24.3 Å². The van der Waals surface area contributed by atoms with E-state index in [2.05, 4.69) is 5.32 Å². The van der Waals surface area contributed by atoms with Crippen LogP contribution in [0.5, 0.6) is 0 Å². The summed E-state index contributed by atoms with van der Waals surface area (Å²) >= 11 is 5.10. The van der Waals surface area contributed by atoms with Gasteiger partial charge in [0.25, 0.3) is 0 Å². The quantitative estimate of drug-likeness (QED) is 0.787. The van der Waals surface area contributed by atoms with Gasteiger partial charge in [-0.15, -0.1) is 0 Å². The molecule has 0 aromatic heterocycles. The van der Waals surface area contributed by atoms with Gasteiger partial charge in [0.1, 0.15) is 0 Å². The summed E-state index contributed by atoms with van der Waals surface area (Å²) in [4.78, 5) is 32.3. The molecule has 90 valence electrons. The molecule has 0 bridgehead atoms. The van der Waals surface area contributed by atoms with Crippen LogP contribution in [0, 0.1) is 0 Å². The number of rotatable bonds is 5. The number of halogens is 1. The van der Waals surface area contributed by atoms with Crippen LogP contribution in [0.25, 0.3) is 0 Å². The van der Waals surface area contributed by atoms with Crippen LogP contribution in [0.1, 0.15) is 23.2 Å². The molecule has 1 aromatic rings. The molecule has 1 amide bonds. The van der Waals surface area contributed by atoms with Gasteiger partial charge >= 0.3 is 5.97 Å². The van der Waals surface area contributed by atoms with Crippen LogP contribution >= 0.6 is 11.6 Å². The molecule has 2 N–H and O–H groups in total. The van der Waals surface area contributed by atoms with Crippen molar-refractivity contribution in [1.29, 1.82) is 0 Å². The first-order valence-electron chi connectivity index (χ1n) is 4.80. The highest BCUT2D eigenvalue weighted by Gasteiger charge is 2.06. The van der Waals surface area contributed by atoms with Crippen molar-refractivity contribution >= 4 is 34.4 Å². The maximum absolute atomic E-state index is 11.3. The normalized spacial score (nSPS) is 9.71. The molecule has 0 saturated carbocycles. The first kappa shape index (κ1) is 13.2. The van der Waals surface area contributed by atoms with Crippen LogP contribution < -0.4 is 5.32 Å². The van der Waals surface area contributed by atoms with Crippen LogP contribution in [-0.2, 0) is 9.59 Å². The summed E-state index contributed by atoms with van der Waals surface area (Å²) in [5.74, 6) is -1.38. The molecular formula is C11H10ClNO4. The van der Waals surface area contributed by atoms with Gasteiger partial charge in [0.2, 0.25) is 11.1 Å². The van der Waals surface area contributed by atoms with Crippen molar-refractivity contribution in [3.63, 3.8) is 0 Å². The molecule has 0 aliphatic rings. The second-order valence-corrected chi connectivity index (χ2v) is 3.71. The molecule has 0 unspecified atom stereocenters. The smallest absolute Gasteiger partial charge is 0.335 e. The van der Waals surface area contributed by atoms with Gasteiger partial charge < -0.3 is 10.4 Å². The van der Waals surface area contributed by atoms with E-state index in [0.29, 0.717) is 5.69 Å². The second kappa shape index (κ2) is 6.00. The van der Waals surface area contributed by atoms with Crippen molar-refractivity contribution < 1.29 is 19.5 Å². The predicted octanol–water partition coefficient (Wildman–Crippen LogP) is 1.87. The first-order valence-corrected chi connectivity index (χ1v) is 5.18. The fourth-order valence-corrected chi connectivity index (χ4v) is 1.23. The Kier molecular flexibility index (Phi) is 4.66. The lowest BCUT2D eigenvalue weighted by Crippen LogP contribution is -2.12. The van der Waals surface area contributed by atoms with E-state index in [9.17, 15) is 14.4 Å². The zero-order valence-electron chi connectivity index (χ0n) is 8.77. The fraction of sp³-hybridized carbons (Fsp3) is 0.182. The minimum Gasteiger partial charge on any atom is -0.478 e. The summed E-state index contributed by atoms with van der Waals surface area (Å²) in [6.45, 7) is 0. The number of carboxylic acid groups (broad SMARTS) is 1. The van der Waals surface area contributed by atoms with Gasteiger partial charge in [-0.05, 0) is 35.9 Å². The SMILES string of the molecule is O=C(Cl)CCC(=O)Nc1ccc(C(=O)O)cc1. The lowest BCUT2D eigenvalue weighted by molar-refractivity contribution is -0.119. The summed E-state index contributed by atoms with van der Waals surface area (Å²) in [5.41, 5.74) is 0.612. The molecule has 0 aliphatic carbocycles. The molecule has 0 atom stereocenters. The Labute approximate surface area is 102 Å². The van der Waals surface area contributed by atoms with Crippen LogP contribution in [0.3, 0.4) is 0 Å². The molecule has 5 nitrogen and oxygen atoms in total. The Morgan fingerprint density at radius 3 is 2.18 bits per heavy atom. The highest BCUT2D eigenvalue weighted by atomic mass is 35.5. The van der Waals surface area contributed by atoms with Crippen LogP contribution in [0.2, 0.25) is 0 Å². The topological polar surface area (TPSA) is 83.5 Å². The Morgan fingerprint density at radius 2 is 1.71 bits per heavy atom. The van der Waals surface area contributed by atoms with Crippen LogP contribution in [0.15, 0.2) is 24.3 Å². The van der Waals surface area contributed by atoms with Crippen LogP contribution in [0.4, 0.5) is 5.69 Å². The van der Waals surface area contributed by atoms with E-state index in [4.69, 9.17) is 16.7 Å². The van der Waals surface area contributed by atoms with E-state index in [1.807, 2.05) is 0 Å². The molecule has 0 spiro atoms. The number of carbonyl (C=O) groups is 3. The minimum absolute atomic E-state index is 0.00299. The average Bonchev–Trinajstić information content (AvgIpc) is 2.27. The van der Waals surface area contributed by atoms with E-state index in [-0.39, 0.29) is 24.3 Å². The van der Waals surface area contributed by atoms with E-state index in [1.54, 1.807) is 0 Å². The average molecular weight is 256 g/mol. The highest BCUT2D eigenvalue weighted by molar-refractivity contribution is 6.63. The standard InChI is InChI=1S/C11H10ClNO4/c12-9(14)5-6-10(15)13-8-3-1-7(2-4-8)11(16)17/h1-4H,5-6H2,(H,13,15)(H,16,17). The third-order valence-corrected chi connectivity index (χ3v) is 2.15. The Morgan fingerprint density at radius 1 is 1.12 bits per heavy atom. The molecule has 0 heterocycles. The van der Waals surface area contributed by atoms with Gasteiger partial charge in [0.15, 0.2) is 0 Å². The Hall–Kier alpha value is -1.88. The monoisotopic (exact) mass is 255 g/mol. The number of aromatic carboxylic acids is 1. The molecule has 0 saturated heterocycles. The van der Waals surface area contributed by atoms with Crippen molar-refractivity contribution in [2.45, 2.75) is 12.8 Å². The van der Waals surface area contributed by atoms with E-state index >= 15 is 0 Å². The van der Waals surface area contributed by atoms with Crippen molar-refractivity contribution in [2.24, 2.45) is 0 Å². The maximum atomic E-state index is 11.3. The number of hydrogen-bond acceptors (Lipinski definition) is 3. The first-order chi connectivity index (χ1) is 7.99. The summed E-state index contributed by atoms with van der Waals surface area (Å²) < 4.78 is 0. The van der Waals surface area contributed by atoms with E-state index in [0.717, 1.165) is 0 Å². The molecule has 0 aliphatic heterocycles. The zero-order chi connectivity index (χ0) is 12.8. The van der Waals surface area contributed by atoms with Crippen molar-refractivity contribution in [3.05, 3.63) is 29.8 Å². The molecular weight excluding hydrogens is 246 g/mol. The van der Waals surface area contributed by atoms with Gasteiger partial charge in [-0.1, -0.05) is 0 Å². The summed E-state index contributed by atoms with van der Waals surface area (Å²) in [5, 5.41) is 10.6. The highest BCUT2D eigenvalue weighted by Crippen LogP contribution is 2.10. The molecule has 0 fully saturated rings. The number of amides is 1. The Balaban J connectivity index is 2.54. The van der Waals surface area contributed by atoms with Gasteiger partial charge in [0, 0.05) is 18.5 Å². The molecule has 6 heteroatoms. The summed E-state index contributed by atoms with van der Waals surface area (Å²) in [7, 11) is 0. The van der Waals surface area contributed by atoms with Crippen molar-refractivity contribution in [1.82, 2.24) is 0 Å². The lowest BCUT2D eigenvalue weighted by atomic mass is 10.2. The minimum atomic E-state index is -1.03. The van der Waals surface area contributed by atoms with Crippen molar-refractivity contribution in [3.8, 4) is 0 Å². The second-order valence-electron chi connectivity index (χ2n) is 3.29. The van der Waals surface area contributed by atoms with Gasteiger partial charge in [0.05, 0.1) is 5.56 Å². The van der Waals surface area contributed by atoms with Crippen molar-refractivity contribution in [2.75, 3.05) is 5.32 Å². The number of carboxylic acids is 1. The van der Waals surface area contributed by atoms with Crippen LogP contribution in [-0.4, -0.2) is 22.2 Å². The molecule has 17 heavy (non-hydrogen) atoms. The number of nitrogens with one attached hydrogen (secondary N) is 1. The van der Waals surface area contributed by atoms with Gasteiger partial charge in [-0.3, -0.25) is 9.59 Å². The lowest BCUT2D eigenvalue weighted by Gasteiger charge is -2.04. The van der Waals surface area contributed by atoms with Gasteiger partial charge in [-0.2, -0.15) is 0 Å². The number of hydrogen-bond donors (Lipinski definition) is 2. The fourth-order valence-electron chi connectivity index (χ4n) is 1.13. The molecule has 1 rings (SSSR count). The third kappa shape index (κ3) is 4.65. The predicted molar refractivity (Wildman–Crippen MR) is 62.1 cm³/mol. The zero-order valence-corrected chi connectivity index (χ0v) is 9.53. The number of benzene rings is 1. The van der Waals surface area contributed by atoms with E-state index < -0.39 is 11.2 Å². The maximum Gasteiger partial charge on any atom is 0.335 e. The van der Waals surface area contributed by atoms with Gasteiger partial charge in [-0.25, -0.2) is 4.79 Å². The Bertz CT molecular complexity index is 441. The molecule has 0 radical (unpaired) electrons. The summed E-state index contributed by atoms with van der Waals surface area (Å²) in [6, 6.07) is 5.71. The largest absolute Gasteiger partial charge is 0.478 e. The summed E-state index contributed by atoms with van der Waals surface area (Å²) in [6.07, 6.45) is -0.0242. The molecule has 1 aromatic carbocycles.